The maximum absolute atomic E-state index is 5.89. The third-order valence-corrected chi connectivity index (χ3v) is 4.39. The van der Waals surface area contributed by atoms with Crippen LogP contribution in [0.25, 0.3) is 11.5 Å². The molecule has 0 aliphatic heterocycles. The van der Waals surface area contributed by atoms with Crippen molar-refractivity contribution in [3.63, 3.8) is 0 Å². The number of aryl methyl sites for hydroxylation is 2. The molecular formula is C21H25N3O2. The molecule has 0 amide bonds. The van der Waals surface area contributed by atoms with Crippen LogP contribution in [-0.4, -0.2) is 35.3 Å². The average Bonchev–Trinajstić information content (AvgIpc) is 3.11. The van der Waals surface area contributed by atoms with Crippen LogP contribution in [0.1, 0.15) is 30.0 Å². The number of ether oxygens (including phenoxy) is 1. The largest absolute Gasteiger partial charge is 0.492 e. The minimum atomic E-state index is 0.0165. The Morgan fingerprint density at radius 2 is 1.73 bits per heavy atom. The zero-order valence-electron chi connectivity index (χ0n) is 15.8. The van der Waals surface area contributed by atoms with E-state index in [9.17, 15) is 0 Å². The van der Waals surface area contributed by atoms with E-state index in [0.29, 0.717) is 18.4 Å². The molecule has 1 aromatic heterocycles. The van der Waals surface area contributed by atoms with Crippen molar-refractivity contribution in [3.8, 4) is 17.2 Å². The third-order valence-electron chi connectivity index (χ3n) is 4.39. The minimum Gasteiger partial charge on any atom is -0.492 e. The summed E-state index contributed by atoms with van der Waals surface area (Å²) >= 11 is 0. The third kappa shape index (κ3) is 4.49. The zero-order valence-corrected chi connectivity index (χ0v) is 15.8. The number of rotatable bonds is 7. The zero-order chi connectivity index (χ0) is 18.5. The fraction of sp³-hybridized carbons (Fsp3) is 0.333. The molecule has 3 aromatic rings. The van der Waals surface area contributed by atoms with Crippen LogP contribution < -0.4 is 4.74 Å². The van der Waals surface area contributed by atoms with Crippen molar-refractivity contribution < 1.29 is 9.15 Å². The van der Waals surface area contributed by atoms with E-state index in [1.165, 1.54) is 11.1 Å². The van der Waals surface area contributed by atoms with E-state index in [-0.39, 0.29) is 6.04 Å². The van der Waals surface area contributed by atoms with Gasteiger partial charge in [-0.15, -0.1) is 10.2 Å². The van der Waals surface area contributed by atoms with Crippen LogP contribution in [0.3, 0.4) is 0 Å². The molecule has 0 spiro atoms. The van der Waals surface area contributed by atoms with Crippen LogP contribution in [0.4, 0.5) is 0 Å². The molecule has 0 radical (unpaired) electrons. The fourth-order valence-corrected chi connectivity index (χ4v) is 2.81. The maximum atomic E-state index is 5.89. The van der Waals surface area contributed by atoms with E-state index in [1.807, 2.05) is 37.4 Å². The molecule has 5 heteroatoms. The summed E-state index contributed by atoms with van der Waals surface area (Å²) in [7, 11) is 2.03. The lowest BCUT2D eigenvalue weighted by molar-refractivity contribution is 0.182. The summed E-state index contributed by atoms with van der Waals surface area (Å²) in [5.41, 5.74) is 3.35. The van der Waals surface area contributed by atoms with E-state index in [0.717, 1.165) is 17.9 Å². The maximum Gasteiger partial charge on any atom is 0.247 e. The molecule has 3 rings (SSSR count). The van der Waals surface area contributed by atoms with Crippen molar-refractivity contribution in [2.24, 2.45) is 0 Å². The lowest BCUT2D eigenvalue weighted by atomic mass is 10.1. The van der Waals surface area contributed by atoms with Gasteiger partial charge < -0.3 is 9.15 Å². The lowest BCUT2D eigenvalue weighted by Gasteiger charge is -2.21. The van der Waals surface area contributed by atoms with Gasteiger partial charge in [-0.3, -0.25) is 4.90 Å². The van der Waals surface area contributed by atoms with Crippen LogP contribution in [0.2, 0.25) is 0 Å². The van der Waals surface area contributed by atoms with Crippen molar-refractivity contribution in [1.82, 2.24) is 15.1 Å². The smallest absolute Gasteiger partial charge is 0.247 e. The highest BCUT2D eigenvalue weighted by Gasteiger charge is 2.19. The van der Waals surface area contributed by atoms with Gasteiger partial charge in [0.1, 0.15) is 12.4 Å². The summed E-state index contributed by atoms with van der Waals surface area (Å²) in [5.74, 6) is 2.07. The Morgan fingerprint density at radius 1 is 1.04 bits per heavy atom. The van der Waals surface area contributed by atoms with Gasteiger partial charge in [0.15, 0.2) is 0 Å². The van der Waals surface area contributed by atoms with Gasteiger partial charge in [-0.05, 0) is 63.2 Å². The van der Waals surface area contributed by atoms with Gasteiger partial charge in [-0.1, -0.05) is 24.3 Å². The molecule has 1 heterocycles. The van der Waals surface area contributed by atoms with Gasteiger partial charge in [0, 0.05) is 12.1 Å². The van der Waals surface area contributed by atoms with E-state index in [1.54, 1.807) is 0 Å². The summed E-state index contributed by atoms with van der Waals surface area (Å²) in [6, 6.07) is 16.1. The summed E-state index contributed by atoms with van der Waals surface area (Å²) < 4.78 is 11.7. The molecular weight excluding hydrogens is 326 g/mol. The number of benzene rings is 2. The summed E-state index contributed by atoms with van der Waals surface area (Å²) in [4.78, 5) is 2.14. The van der Waals surface area contributed by atoms with Crippen LogP contribution in [0.5, 0.6) is 5.75 Å². The quantitative estimate of drug-likeness (QED) is 0.630. The van der Waals surface area contributed by atoms with Gasteiger partial charge in [-0.25, -0.2) is 0 Å². The SMILES string of the molecule is Cc1cc(C)cc(OCCN(C)C(C)c2nnc(-c3ccccc3)o2)c1. The molecule has 5 nitrogen and oxygen atoms in total. The molecule has 0 saturated carbocycles. The van der Waals surface area contributed by atoms with E-state index in [4.69, 9.17) is 9.15 Å². The standard InChI is InChI=1S/C21H25N3O2/c1-15-12-16(2)14-19(13-15)25-11-10-24(4)17(3)20-22-23-21(26-20)18-8-6-5-7-9-18/h5-9,12-14,17H,10-11H2,1-4H3. The van der Waals surface area contributed by atoms with Crippen molar-refractivity contribution >= 4 is 0 Å². The van der Waals surface area contributed by atoms with Crippen LogP contribution >= 0.6 is 0 Å². The Bertz CT molecular complexity index is 825. The number of aromatic nitrogens is 2. The summed E-state index contributed by atoms with van der Waals surface area (Å²) in [6.07, 6.45) is 0. The highest BCUT2D eigenvalue weighted by atomic mass is 16.5. The molecule has 0 aliphatic carbocycles. The lowest BCUT2D eigenvalue weighted by Crippen LogP contribution is -2.27. The fourth-order valence-electron chi connectivity index (χ4n) is 2.81. The van der Waals surface area contributed by atoms with E-state index >= 15 is 0 Å². The molecule has 1 unspecified atom stereocenters. The number of hydrogen-bond acceptors (Lipinski definition) is 5. The molecule has 136 valence electrons. The molecule has 1 atom stereocenters. The second-order valence-electron chi connectivity index (χ2n) is 6.64. The first kappa shape index (κ1) is 18.1. The molecule has 0 saturated heterocycles. The molecule has 0 aliphatic rings. The van der Waals surface area contributed by atoms with Crippen molar-refractivity contribution in [3.05, 3.63) is 65.5 Å². The average molecular weight is 351 g/mol. The number of likely N-dealkylation sites (N-methyl/N-ethyl adjacent to an activating group) is 1. The molecule has 26 heavy (non-hydrogen) atoms. The Balaban J connectivity index is 1.56. The van der Waals surface area contributed by atoms with Gasteiger partial charge in [0.05, 0.1) is 6.04 Å². The first-order chi connectivity index (χ1) is 12.5. The van der Waals surface area contributed by atoms with Gasteiger partial charge in [0.25, 0.3) is 0 Å². The number of nitrogens with zero attached hydrogens (tertiary/aromatic N) is 3. The van der Waals surface area contributed by atoms with Crippen molar-refractivity contribution in [2.75, 3.05) is 20.2 Å². The Labute approximate surface area is 154 Å². The molecule has 2 aromatic carbocycles. The Hall–Kier alpha value is -2.66. The molecule has 0 fully saturated rings. The first-order valence-corrected chi connectivity index (χ1v) is 8.83. The second-order valence-corrected chi connectivity index (χ2v) is 6.64. The predicted octanol–water partition coefficient (Wildman–Crippen LogP) is 4.43. The molecule has 0 bridgehead atoms. The van der Waals surface area contributed by atoms with E-state index < -0.39 is 0 Å². The van der Waals surface area contributed by atoms with Crippen LogP contribution in [0.15, 0.2) is 52.9 Å². The Kier molecular flexibility index (Phi) is 5.68. The second kappa shape index (κ2) is 8.15. The first-order valence-electron chi connectivity index (χ1n) is 8.83. The van der Waals surface area contributed by atoms with E-state index in [2.05, 4.69) is 54.1 Å². The van der Waals surface area contributed by atoms with Crippen molar-refractivity contribution in [1.29, 1.82) is 0 Å². The highest BCUT2D eigenvalue weighted by Crippen LogP contribution is 2.23. The van der Waals surface area contributed by atoms with Gasteiger partial charge in [-0.2, -0.15) is 0 Å². The van der Waals surface area contributed by atoms with Gasteiger partial charge >= 0.3 is 0 Å². The normalized spacial score (nSPS) is 12.3. The molecule has 0 N–H and O–H groups in total. The van der Waals surface area contributed by atoms with Crippen molar-refractivity contribution in [2.45, 2.75) is 26.8 Å². The number of hydrogen-bond donors (Lipinski definition) is 0. The van der Waals surface area contributed by atoms with Gasteiger partial charge in [0.2, 0.25) is 11.8 Å². The summed E-state index contributed by atoms with van der Waals surface area (Å²) in [6.45, 7) is 7.57. The predicted molar refractivity (Wildman–Crippen MR) is 102 cm³/mol. The van der Waals surface area contributed by atoms with Crippen LogP contribution in [-0.2, 0) is 0 Å². The topological polar surface area (TPSA) is 51.4 Å². The minimum absolute atomic E-state index is 0.0165. The Morgan fingerprint density at radius 3 is 2.42 bits per heavy atom. The summed E-state index contributed by atoms with van der Waals surface area (Å²) in [5, 5.41) is 8.37. The highest BCUT2D eigenvalue weighted by molar-refractivity contribution is 5.51. The van der Waals surface area contributed by atoms with Crippen LogP contribution in [0, 0.1) is 13.8 Å². The monoisotopic (exact) mass is 351 g/mol.